The number of aliphatic hydroxyl groups is 1. The molecule has 1 heterocycles. The number of carbonyl (C=O) groups excluding carboxylic acids is 1. The summed E-state index contributed by atoms with van der Waals surface area (Å²) in [6, 6.07) is 0. The van der Waals surface area contributed by atoms with Crippen LogP contribution in [0, 0.1) is 11.3 Å². The number of nitrogens with zero attached hydrogens (tertiary/aromatic N) is 1. The Kier molecular flexibility index (Phi) is 5.60. The lowest BCUT2D eigenvalue weighted by molar-refractivity contribution is -0.144. The lowest BCUT2D eigenvalue weighted by atomic mass is 9.80. The van der Waals surface area contributed by atoms with Crippen molar-refractivity contribution in [3.63, 3.8) is 0 Å². The van der Waals surface area contributed by atoms with E-state index in [0.717, 1.165) is 38.8 Å². The highest BCUT2D eigenvalue weighted by molar-refractivity contribution is 5.83. The second kappa shape index (κ2) is 6.53. The van der Waals surface area contributed by atoms with Gasteiger partial charge in [0.25, 0.3) is 0 Å². The van der Waals surface area contributed by atoms with Gasteiger partial charge in [-0.2, -0.15) is 0 Å². The minimum Gasteiger partial charge on any atom is -0.393 e. The maximum Gasteiger partial charge on any atom is 0.230 e. The van der Waals surface area contributed by atoms with E-state index in [1.54, 1.807) is 0 Å². The minimum atomic E-state index is -0.377. The minimum absolute atomic E-state index is 0.207. The second-order valence-corrected chi connectivity index (χ2v) is 5.56. The highest BCUT2D eigenvalue weighted by Crippen LogP contribution is 2.30. The Balaban J connectivity index is 2.64. The number of hydrogen-bond donors (Lipinski definition) is 2. The number of piperidine rings is 1. The summed E-state index contributed by atoms with van der Waals surface area (Å²) in [5, 5.41) is 9.58. The van der Waals surface area contributed by atoms with Crippen LogP contribution in [0.4, 0.5) is 0 Å². The molecule has 0 aromatic rings. The van der Waals surface area contributed by atoms with E-state index in [1.807, 2.05) is 25.7 Å². The van der Waals surface area contributed by atoms with E-state index < -0.39 is 0 Å². The van der Waals surface area contributed by atoms with Crippen LogP contribution < -0.4 is 5.73 Å². The standard InChI is InChI=1S/C14H28N2O2/c1-4-14(5-2,10-15)13(18)16-8-6-12(7-9-16)11(3)17/h11-12,17H,4-10,15H2,1-3H3. The van der Waals surface area contributed by atoms with Crippen LogP contribution in [0.1, 0.15) is 46.5 Å². The fraction of sp³-hybridized carbons (Fsp3) is 0.929. The molecule has 0 aromatic heterocycles. The average molecular weight is 256 g/mol. The van der Waals surface area contributed by atoms with Gasteiger partial charge < -0.3 is 15.7 Å². The Labute approximate surface area is 111 Å². The van der Waals surface area contributed by atoms with Crippen molar-refractivity contribution in [1.82, 2.24) is 4.90 Å². The molecule has 1 aliphatic heterocycles. The summed E-state index contributed by atoms with van der Waals surface area (Å²) >= 11 is 0. The summed E-state index contributed by atoms with van der Waals surface area (Å²) < 4.78 is 0. The summed E-state index contributed by atoms with van der Waals surface area (Å²) in [6.07, 6.45) is 3.14. The van der Waals surface area contributed by atoms with Crippen molar-refractivity contribution in [3.05, 3.63) is 0 Å². The van der Waals surface area contributed by atoms with Gasteiger partial charge in [-0.1, -0.05) is 13.8 Å². The van der Waals surface area contributed by atoms with Gasteiger partial charge in [0.2, 0.25) is 5.91 Å². The lowest BCUT2D eigenvalue weighted by Crippen LogP contribution is -2.50. The number of hydrogen-bond acceptors (Lipinski definition) is 3. The van der Waals surface area contributed by atoms with Crippen LogP contribution in [0.5, 0.6) is 0 Å². The molecule has 0 spiro atoms. The van der Waals surface area contributed by atoms with Crippen LogP contribution in [0.2, 0.25) is 0 Å². The molecule has 0 bridgehead atoms. The van der Waals surface area contributed by atoms with Crippen LogP contribution in [-0.4, -0.2) is 41.7 Å². The zero-order valence-electron chi connectivity index (χ0n) is 12.0. The van der Waals surface area contributed by atoms with E-state index in [2.05, 4.69) is 0 Å². The summed E-state index contributed by atoms with van der Waals surface area (Å²) in [4.78, 5) is 14.5. The summed E-state index contributed by atoms with van der Waals surface area (Å²) in [6.45, 7) is 7.86. The van der Waals surface area contributed by atoms with Crippen molar-refractivity contribution in [3.8, 4) is 0 Å². The topological polar surface area (TPSA) is 66.6 Å². The number of rotatable bonds is 5. The number of aliphatic hydroxyl groups excluding tert-OH is 1. The predicted octanol–water partition coefficient (Wildman–Crippen LogP) is 1.37. The van der Waals surface area contributed by atoms with Gasteiger partial charge in [0.1, 0.15) is 0 Å². The molecule has 1 amide bonds. The zero-order valence-corrected chi connectivity index (χ0v) is 12.0. The third-order valence-electron chi connectivity index (χ3n) is 4.71. The smallest absolute Gasteiger partial charge is 0.230 e. The molecule has 1 saturated heterocycles. The van der Waals surface area contributed by atoms with Crippen LogP contribution in [-0.2, 0) is 4.79 Å². The molecular formula is C14H28N2O2. The van der Waals surface area contributed by atoms with E-state index in [4.69, 9.17) is 5.73 Å². The van der Waals surface area contributed by atoms with Crippen molar-refractivity contribution in [2.24, 2.45) is 17.1 Å². The first-order valence-corrected chi connectivity index (χ1v) is 7.18. The Morgan fingerprint density at radius 2 is 1.89 bits per heavy atom. The molecule has 0 aliphatic carbocycles. The predicted molar refractivity (Wildman–Crippen MR) is 73.1 cm³/mol. The highest BCUT2D eigenvalue weighted by Gasteiger charge is 2.38. The first kappa shape index (κ1) is 15.4. The SMILES string of the molecule is CCC(CC)(CN)C(=O)N1CCC(C(C)O)CC1. The fourth-order valence-corrected chi connectivity index (χ4v) is 2.85. The molecule has 0 aromatic carbocycles. The van der Waals surface area contributed by atoms with Gasteiger partial charge in [0.05, 0.1) is 11.5 Å². The number of amides is 1. The van der Waals surface area contributed by atoms with E-state index in [0.29, 0.717) is 12.5 Å². The fourth-order valence-electron chi connectivity index (χ4n) is 2.85. The molecule has 4 heteroatoms. The molecule has 3 N–H and O–H groups in total. The van der Waals surface area contributed by atoms with Crippen LogP contribution in [0.25, 0.3) is 0 Å². The van der Waals surface area contributed by atoms with E-state index in [1.165, 1.54) is 0 Å². The molecule has 4 nitrogen and oxygen atoms in total. The monoisotopic (exact) mass is 256 g/mol. The highest BCUT2D eigenvalue weighted by atomic mass is 16.3. The normalized spacial score (nSPS) is 19.9. The number of nitrogens with two attached hydrogens (primary N) is 1. The third-order valence-corrected chi connectivity index (χ3v) is 4.71. The third kappa shape index (κ3) is 3.04. The Morgan fingerprint density at radius 1 is 1.39 bits per heavy atom. The number of carbonyl (C=O) groups is 1. The molecule has 1 aliphatic rings. The van der Waals surface area contributed by atoms with Crippen molar-refractivity contribution in [2.75, 3.05) is 19.6 Å². The van der Waals surface area contributed by atoms with Crippen molar-refractivity contribution >= 4 is 5.91 Å². The summed E-state index contributed by atoms with van der Waals surface area (Å²) in [5.41, 5.74) is 5.45. The van der Waals surface area contributed by atoms with Crippen LogP contribution in [0.3, 0.4) is 0 Å². The van der Waals surface area contributed by atoms with Gasteiger partial charge in [-0.25, -0.2) is 0 Å². The Hall–Kier alpha value is -0.610. The van der Waals surface area contributed by atoms with Gasteiger partial charge in [-0.3, -0.25) is 4.79 Å². The molecule has 1 rings (SSSR count). The average Bonchev–Trinajstić information content (AvgIpc) is 2.41. The Morgan fingerprint density at radius 3 is 2.22 bits per heavy atom. The quantitative estimate of drug-likeness (QED) is 0.781. The molecule has 1 unspecified atom stereocenters. The van der Waals surface area contributed by atoms with Crippen molar-refractivity contribution in [2.45, 2.75) is 52.6 Å². The van der Waals surface area contributed by atoms with Crippen LogP contribution >= 0.6 is 0 Å². The zero-order chi connectivity index (χ0) is 13.8. The van der Waals surface area contributed by atoms with E-state index in [9.17, 15) is 9.90 Å². The first-order valence-electron chi connectivity index (χ1n) is 7.18. The molecule has 0 saturated carbocycles. The Bertz CT molecular complexity index is 259. The van der Waals surface area contributed by atoms with Gasteiger partial charge in [0.15, 0.2) is 0 Å². The van der Waals surface area contributed by atoms with E-state index in [-0.39, 0.29) is 17.4 Å². The van der Waals surface area contributed by atoms with Crippen molar-refractivity contribution in [1.29, 1.82) is 0 Å². The first-order chi connectivity index (χ1) is 8.50. The molecule has 1 atom stereocenters. The second-order valence-electron chi connectivity index (χ2n) is 5.56. The van der Waals surface area contributed by atoms with Gasteiger partial charge in [-0.05, 0) is 38.5 Å². The van der Waals surface area contributed by atoms with Crippen LogP contribution in [0.15, 0.2) is 0 Å². The largest absolute Gasteiger partial charge is 0.393 e. The molecule has 18 heavy (non-hydrogen) atoms. The summed E-state index contributed by atoms with van der Waals surface area (Å²) in [7, 11) is 0. The molecule has 0 radical (unpaired) electrons. The van der Waals surface area contributed by atoms with Gasteiger partial charge >= 0.3 is 0 Å². The lowest BCUT2D eigenvalue weighted by Gasteiger charge is -2.39. The van der Waals surface area contributed by atoms with Gasteiger partial charge in [-0.15, -0.1) is 0 Å². The van der Waals surface area contributed by atoms with Gasteiger partial charge in [0, 0.05) is 19.6 Å². The molecule has 1 fully saturated rings. The maximum absolute atomic E-state index is 12.6. The molecular weight excluding hydrogens is 228 g/mol. The summed E-state index contributed by atoms with van der Waals surface area (Å²) in [5.74, 6) is 0.545. The van der Waals surface area contributed by atoms with Crippen molar-refractivity contribution < 1.29 is 9.90 Å². The maximum atomic E-state index is 12.6. The number of likely N-dealkylation sites (tertiary alicyclic amines) is 1. The molecule has 106 valence electrons. The van der Waals surface area contributed by atoms with E-state index >= 15 is 0 Å².